The van der Waals surface area contributed by atoms with Crippen LogP contribution >= 0.6 is 0 Å². The lowest BCUT2D eigenvalue weighted by Gasteiger charge is -2.32. The van der Waals surface area contributed by atoms with Crippen molar-refractivity contribution in [1.29, 1.82) is 0 Å². The number of amides is 1. The molecular weight excluding hydrogens is 358 g/mol. The number of anilines is 1. The molecule has 0 radical (unpaired) electrons. The van der Waals surface area contributed by atoms with E-state index in [-0.39, 0.29) is 5.91 Å². The van der Waals surface area contributed by atoms with Gasteiger partial charge in [0, 0.05) is 44.0 Å². The summed E-state index contributed by atoms with van der Waals surface area (Å²) in [7, 11) is 2.17. The molecule has 0 spiro atoms. The van der Waals surface area contributed by atoms with E-state index < -0.39 is 0 Å². The lowest BCUT2D eigenvalue weighted by atomic mass is 10.0. The molecule has 1 aliphatic rings. The van der Waals surface area contributed by atoms with E-state index in [1.807, 2.05) is 54.6 Å². The van der Waals surface area contributed by atoms with Crippen molar-refractivity contribution < 1.29 is 4.79 Å². The van der Waals surface area contributed by atoms with Gasteiger partial charge in [0.25, 0.3) is 5.91 Å². The van der Waals surface area contributed by atoms with Crippen molar-refractivity contribution in [2.24, 2.45) is 0 Å². The van der Waals surface area contributed by atoms with Crippen molar-refractivity contribution in [3.8, 4) is 11.1 Å². The number of nitrogens with zero attached hydrogens (tertiary/aromatic N) is 2. The molecule has 1 amide bonds. The third-order valence-corrected chi connectivity index (χ3v) is 5.44. The van der Waals surface area contributed by atoms with Crippen LogP contribution in [0.3, 0.4) is 0 Å². The Bertz CT molecular complexity index is 945. The van der Waals surface area contributed by atoms with Crippen molar-refractivity contribution in [2.45, 2.75) is 6.54 Å². The molecule has 148 valence electrons. The zero-order valence-corrected chi connectivity index (χ0v) is 16.8. The molecule has 3 aromatic carbocycles. The molecule has 4 rings (SSSR count). The standard InChI is InChI=1S/C25H27N3O/c1-27-14-16-28(17-15-27)19-20-6-5-9-24(18-20)26-25(29)23-12-10-22(11-13-23)21-7-3-2-4-8-21/h2-13,18H,14-17,19H2,1H3,(H,26,29). The van der Waals surface area contributed by atoms with Gasteiger partial charge >= 0.3 is 0 Å². The largest absolute Gasteiger partial charge is 0.322 e. The van der Waals surface area contributed by atoms with Gasteiger partial charge in [-0.15, -0.1) is 0 Å². The molecular formula is C25H27N3O. The second kappa shape index (κ2) is 9.03. The van der Waals surface area contributed by atoms with Gasteiger partial charge in [-0.2, -0.15) is 0 Å². The minimum Gasteiger partial charge on any atom is -0.322 e. The van der Waals surface area contributed by atoms with Gasteiger partial charge in [0.15, 0.2) is 0 Å². The predicted molar refractivity (Wildman–Crippen MR) is 119 cm³/mol. The zero-order chi connectivity index (χ0) is 20.1. The molecule has 1 fully saturated rings. The average Bonchev–Trinajstić information content (AvgIpc) is 2.76. The Labute approximate surface area is 172 Å². The highest BCUT2D eigenvalue weighted by Crippen LogP contribution is 2.20. The summed E-state index contributed by atoms with van der Waals surface area (Å²) >= 11 is 0. The normalized spacial score (nSPS) is 15.2. The van der Waals surface area contributed by atoms with Crippen LogP contribution in [-0.2, 0) is 6.54 Å². The Morgan fingerprint density at radius 1 is 0.828 bits per heavy atom. The van der Waals surface area contributed by atoms with Gasteiger partial charge in [-0.05, 0) is 48.0 Å². The van der Waals surface area contributed by atoms with E-state index in [2.05, 4.69) is 46.4 Å². The average molecular weight is 386 g/mol. The summed E-state index contributed by atoms with van der Waals surface area (Å²) in [6, 6.07) is 26.1. The summed E-state index contributed by atoms with van der Waals surface area (Å²) in [4.78, 5) is 17.5. The fraction of sp³-hybridized carbons (Fsp3) is 0.240. The lowest BCUT2D eigenvalue weighted by Crippen LogP contribution is -2.43. The third kappa shape index (κ3) is 5.11. The van der Waals surface area contributed by atoms with Gasteiger partial charge in [-0.3, -0.25) is 9.69 Å². The fourth-order valence-electron chi connectivity index (χ4n) is 3.66. The summed E-state index contributed by atoms with van der Waals surface area (Å²) in [6.07, 6.45) is 0. The highest BCUT2D eigenvalue weighted by Gasteiger charge is 2.14. The molecule has 1 saturated heterocycles. The number of carbonyl (C=O) groups excluding carboxylic acids is 1. The highest BCUT2D eigenvalue weighted by molar-refractivity contribution is 6.04. The van der Waals surface area contributed by atoms with Gasteiger partial charge in [0.2, 0.25) is 0 Å². The van der Waals surface area contributed by atoms with E-state index in [4.69, 9.17) is 0 Å². The molecule has 0 bridgehead atoms. The number of hydrogen-bond acceptors (Lipinski definition) is 3. The number of hydrogen-bond donors (Lipinski definition) is 1. The second-order valence-electron chi connectivity index (χ2n) is 7.68. The van der Waals surface area contributed by atoms with Gasteiger partial charge in [-0.25, -0.2) is 0 Å². The van der Waals surface area contributed by atoms with Crippen LogP contribution in [0.15, 0.2) is 78.9 Å². The van der Waals surface area contributed by atoms with E-state index in [0.29, 0.717) is 5.56 Å². The van der Waals surface area contributed by atoms with Crippen LogP contribution in [0.25, 0.3) is 11.1 Å². The quantitative estimate of drug-likeness (QED) is 0.709. The molecule has 4 heteroatoms. The molecule has 3 aromatic rings. The first-order valence-electron chi connectivity index (χ1n) is 10.1. The molecule has 4 nitrogen and oxygen atoms in total. The first kappa shape index (κ1) is 19.4. The SMILES string of the molecule is CN1CCN(Cc2cccc(NC(=O)c3ccc(-c4ccccc4)cc3)c2)CC1. The van der Waals surface area contributed by atoms with Crippen LogP contribution < -0.4 is 5.32 Å². The van der Waals surface area contributed by atoms with E-state index in [1.165, 1.54) is 5.56 Å². The minimum absolute atomic E-state index is 0.0821. The minimum atomic E-state index is -0.0821. The Morgan fingerprint density at radius 2 is 1.52 bits per heavy atom. The molecule has 1 aliphatic heterocycles. The van der Waals surface area contributed by atoms with E-state index in [9.17, 15) is 4.79 Å². The van der Waals surface area contributed by atoms with Crippen molar-refractivity contribution in [3.05, 3.63) is 90.0 Å². The maximum atomic E-state index is 12.7. The molecule has 0 saturated carbocycles. The van der Waals surface area contributed by atoms with Crippen LogP contribution in [0.5, 0.6) is 0 Å². The highest BCUT2D eigenvalue weighted by atomic mass is 16.1. The summed E-state index contributed by atoms with van der Waals surface area (Å²) in [5.74, 6) is -0.0821. The third-order valence-electron chi connectivity index (χ3n) is 5.44. The van der Waals surface area contributed by atoms with E-state index in [1.54, 1.807) is 0 Å². The van der Waals surface area contributed by atoms with Gasteiger partial charge in [-0.1, -0.05) is 54.6 Å². The summed E-state index contributed by atoms with van der Waals surface area (Å²) in [5, 5.41) is 3.04. The van der Waals surface area contributed by atoms with Crippen LogP contribution in [0, 0.1) is 0 Å². The fourth-order valence-corrected chi connectivity index (χ4v) is 3.66. The molecule has 0 aromatic heterocycles. The first-order valence-corrected chi connectivity index (χ1v) is 10.1. The topological polar surface area (TPSA) is 35.6 Å². The van der Waals surface area contributed by atoms with Crippen LogP contribution in [0.2, 0.25) is 0 Å². The summed E-state index contributed by atoms with van der Waals surface area (Å²) in [6.45, 7) is 5.30. The molecule has 0 unspecified atom stereocenters. The molecule has 0 atom stereocenters. The van der Waals surface area contributed by atoms with Crippen LogP contribution in [-0.4, -0.2) is 48.9 Å². The summed E-state index contributed by atoms with van der Waals surface area (Å²) < 4.78 is 0. The van der Waals surface area contributed by atoms with Crippen molar-refractivity contribution in [2.75, 3.05) is 38.5 Å². The number of likely N-dealkylation sites (N-methyl/N-ethyl adjacent to an activating group) is 1. The summed E-state index contributed by atoms with van der Waals surface area (Å²) in [5.41, 5.74) is 4.99. The predicted octanol–water partition coefficient (Wildman–Crippen LogP) is 4.35. The number of rotatable bonds is 5. The number of nitrogens with one attached hydrogen (secondary N) is 1. The number of benzene rings is 3. The van der Waals surface area contributed by atoms with E-state index >= 15 is 0 Å². The molecule has 1 N–H and O–H groups in total. The Morgan fingerprint density at radius 3 is 2.24 bits per heavy atom. The number of carbonyl (C=O) groups is 1. The second-order valence-corrected chi connectivity index (χ2v) is 7.68. The molecule has 1 heterocycles. The Hall–Kier alpha value is -2.95. The smallest absolute Gasteiger partial charge is 0.255 e. The van der Waals surface area contributed by atoms with E-state index in [0.717, 1.165) is 49.5 Å². The van der Waals surface area contributed by atoms with Crippen molar-refractivity contribution in [3.63, 3.8) is 0 Å². The van der Waals surface area contributed by atoms with Gasteiger partial charge < -0.3 is 10.2 Å². The number of piperazine rings is 1. The maximum Gasteiger partial charge on any atom is 0.255 e. The van der Waals surface area contributed by atoms with Crippen LogP contribution in [0.4, 0.5) is 5.69 Å². The maximum absolute atomic E-state index is 12.7. The zero-order valence-electron chi connectivity index (χ0n) is 16.8. The van der Waals surface area contributed by atoms with Crippen molar-refractivity contribution in [1.82, 2.24) is 9.80 Å². The van der Waals surface area contributed by atoms with Crippen LogP contribution in [0.1, 0.15) is 15.9 Å². The van der Waals surface area contributed by atoms with Gasteiger partial charge in [0.1, 0.15) is 0 Å². The monoisotopic (exact) mass is 385 g/mol. The first-order chi connectivity index (χ1) is 14.2. The Kier molecular flexibility index (Phi) is 6.03. The van der Waals surface area contributed by atoms with Gasteiger partial charge in [0.05, 0.1) is 0 Å². The lowest BCUT2D eigenvalue weighted by molar-refractivity contribution is 0.102. The molecule has 0 aliphatic carbocycles. The molecule has 29 heavy (non-hydrogen) atoms. The van der Waals surface area contributed by atoms with Crippen molar-refractivity contribution >= 4 is 11.6 Å². The Balaban J connectivity index is 1.39.